The third kappa shape index (κ3) is 6.57. The topological polar surface area (TPSA) is 58.6 Å². The second-order valence-corrected chi connectivity index (χ2v) is 8.59. The Morgan fingerprint density at radius 1 is 1.14 bits per heavy atom. The van der Waals surface area contributed by atoms with Crippen LogP contribution in [0, 0.1) is 13.8 Å². The first kappa shape index (κ1) is 23.4. The number of nitrogens with zero attached hydrogens (tertiary/aromatic N) is 1. The molecular formula is C22H26Br2N2O3. The molecule has 0 heterocycles. The van der Waals surface area contributed by atoms with Crippen molar-refractivity contribution in [2.45, 2.75) is 40.3 Å². The van der Waals surface area contributed by atoms with Crippen LogP contribution in [-0.4, -0.2) is 35.9 Å². The molecule has 1 atom stereocenters. The fraction of sp³-hybridized carbons (Fsp3) is 0.364. The van der Waals surface area contributed by atoms with E-state index in [9.17, 15) is 9.59 Å². The monoisotopic (exact) mass is 524 g/mol. The van der Waals surface area contributed by atoms with E-state index in [-0.39, 0.29) is 18.4 Å². The quantitative estimate of drug-likeness (QED) is 0.540. The number of aryl methyl sites for hydroxylation is 2. The average Bonchev–Trinajstić information content (AvgIpc) is 2.68. The summed E-state index contributed by atoms with van der Waals surface area (Å²) in [5.41, 5.74) is 3.00. The third-order valence-electron chi connectivity index (χ3n) is 4.53. The molecule has 0 bridgehead atoms. The van der Waals surface area contributed by atoms with E-state index in [1.807, 2.05) is 57.2 Å². The highest BCUT2D eigenvalue weighted by Crippen LogP contribution is 2.26. The van der Waals surface area contributed by atoms with E-state index in [0.29, 0.717) is 18.8 Å². The van der Waals surface area contributed by atoms with Gasteiger partial charge in [0.05, 0.1) is 0 Å². The molecule has 0 radical (unpaired) electrons. The summed E-state index contributed by atoms with van der Waals surface area (Å²) in [6.07, 6.45) is 0. The maximum absolute atomic E-state index is 13.0. The van der Waals surface area contributed by atoms with Crippen molar-refractivity contribution in [2.75, 3.05) is 13.2 Å². The Morgan fingerprint density at radius 2 is 1.79 bits per heavy atom. The Labute approximate surface area is 189 Å². The van der Waals surface area contributed by atoms with Gasteiger partial charge in [-0.25, -0.2) is 0 Å². The van der Waals surface area contributed by atoms with E-state index in [4.69, 9.17) is 4.74 Å². The molecule has 2 amide bonds. The molecule has 2 aromatic carbocycles. The number of nitrogens with one attached hydrogen (secondary N) is 1. The highest BCUT2D eigenvalue weighted by molar-refractivity contribution is 9.10. The lowest BCUT2D eigenvalue weighted by molar-refractivity contribution is -0.142. The SMILES string of the molecule is CCNC(=O)C(C)N(Cc1cccc(Br)c1)C(=O)COc1cc(C)c(Br)c(C)c1. The lowest BCUT2D eigenvalue weighted by Gasteiger charge is -2.28. The van der Waals surface area contributed by atoms with Crippen LogP contribution in [0.5, 0.6) is 5.75 Å². The first-order chi connectivity index (χ1) is 13.7. The Balaban J connectivity index is 2.18. The van der Waals surface area contributed by atoms with E-state index in [1.165, 1.54) is 0 Å². The third-order valence-corrected chi connectivity index (χ3v) is 6.28. The summed E-state index contributed by atoms with van der Waals surface area (Å²) in [6, 6.07) is 10.8. The number of amides is 2. The second-order valence-electron chi connectivity index (χ2n) is 6.88. The highest BCUT2D eigenvalue weighted by atomic mass is 79.9. The molecule has 0 fully saturated rings. The van der Waals surface area contributed by atoms with Gasteiger partial charge in [-0.15, -0.1) is 0 Å². The molecule has 0 aromatic heterocycles. The van der Waals surface area contributed by atoms with Crippen LogP contribution in [0.25, 0.3) is 0 Å². The molecule has 2 aromatic rings. The molecule has 0 saturated carbocycles. The summed E-state index contributed by atoms with van der Waals surface area (Å²) < 4.78 is 7.71. The number of halogens is 2. The predicted molar refractivity (Wildman–Crippen MR) is 122 cm³/mol. The molecule has 1 unspecified atom stereocenters. The van der Waals surface area contributed by atoms with E-state index < -0.39 is 6.04 Å². The van der Waals surface area contributed by atoms with Crippen molar-refractivity contribution in [1.82, 2.24) is 10.2 Å². The van der Waals surface area contributed by atoms with Gasteiger partial charge in [0.25, 0.3) is 5.91 Å². The number of likely N-dealkylation sites (N-methyl/N-ethyl adjacent to an activating group) is 1. The molecule has 1 N–H and O–H groups in total. The standard InChI is InChI=1S/C22H26Br2N2O3/c1-5-25-22(28)16(4)26(12-17-7-6-8-18(23)11-17)20(27)13-29-19-9-14(2)21(24)15(3)10-19/h6-11,16H,5,12-13H2,1-4H3,(H,25,28). The molecule has 0 aliphatic heterocycles. The second kappa shape index (κ2) is 10.8. The van der Waals surface area contributed by atoms with Crippen molar-refractivity contribution in [3.63, 3.8) is 0 Å². The van der Waals surface area contributed by atoms with Crippen molar-refractivity contribution in [3.05, 3.63) is 62.0 Å². The van der Waals surface area contributed by atoms with Gasteiger partial charge >= 0.3 is 0 Å². The number of carbonyl (C=O) groups is 2. The number of ether oxygens (including phenoxy) is 1. The van der Waals surface area contributed by atoms with E-state index in [2.05, 4.69) is 37.2 Å². The maximum atomic E-state index is 13.0. The molecule has 0 saturated heterocycles. The van der Waals surface area contributed by atoms with Gasteiger partial charge in [-0.05, 0) is 68.7 Å². The largest absolute Gasteiger partial charge is 0.484 e. The van der Waals surface area contributed by atoms with Crippen LogP contribution in [0.1, 0.15) is 30.5 Å². The van der Waals surface area contributed by atoms with Gasteiger partial charge < -0.3 is 15.0 Å². The Morgan fingerprint density at radius 3 is 2.38 bits per heavy atom. The van der Waals surface area contributed by atoms with Gasteiger partial charge in [-0.3, -0.25) is 9.59 Å². The highest BCUT2D eigenvalue weighted by Gasteiger charge is 2.26. The number of hydrogen-bond donors (Lipinski definition) is 1. The average molecular weight is 526 g/mol. The summed E-state index contributed by atoms with van der Waals surface area (Å²) in [6.45, 7) is 8.22. The fourth-order valence-electron chi connectivity index (χ4n) is 2.95. The molecule has 0 aliphatic rings. The molecule has 0 aliphatic carbocycles. The van der Waals surface area contributed by atoms with Crippen molar-refractivity contribution in [2.24, 2.45) is 0 Å². The zero-order chi connectivity index (χ0) is 21.6. The van der Waals surface area contributed by atoms with Gasteiger partial charge in [0.2, 0.25) is 5.91 Å². The summed E-state index contributed by atoms with van der Waals surface area (Å²) >= 11 is 6.98. The van der Waals surface area contributed by atoms with Crippen LogP contribution in [0.4, 0.5) is 0 Å². The molecule has 5 nitrogen and oxygen atoms in total. The normalized spacial score (nSPS) is 11.7. The zero-order valence-electron chi connectivity index (χ0n) is 17.1. The van der Waals surface area contributed by atoms with Crippen molar-refractivity contribution in [1.29, 1.82) is 0 Å². The fourth-order valence-corrected chi connectivity index (χ4v) is 3.63. The number of hydrogen-bond acceptors (Lipinski definition) is 3. The summed E-state index contributed by atoms with van der Waals surface area (Å²) in [7, 11) is 0. The zero-order valence-corrected chi connectivity index (χ0v) is 20.3. The van der Waals surface area contributed by atoms with Crippen molar-refractivity contribution < 1.29 is 14.3 Å². The maximum Gasteiger partial charge on any atom is 0.261 e. The molecular weight excluding hydrogens is 500 g/mol. The summed E-state index contributed by atoms with van der Waals surface area (Å²) in [5, 5.41) is 2.78. The van der Waals surface area contributed by atoms with Crippen LogP contribution in [-0.2, 0) is 16.1 Å². The molecule has 2 rings (SSSR count). The van der Waals surface area contributed by atoms with Crippen LogP contribution in [0.15, 0.2) is 45.3 Å². The van der Waals surface area contributed by atoms with Gasteiger partial charge in [0.15, 0.2) is 6.61 Å². The summed E-state index contributed by atoms with van der Waals surface area (Å²) in [5.74, 6) is 0.192. The van der Waals surface area contributed by atoms with Gasteiger partial charge in [0.1, 0.15) is 11.8 Å². The number of benzene rings is 2. The first-order valence-electron chi connectivity index (χ1n) is 9.44. The first-order valence-corrected chi connectivity index (χ1v) is 11.0. The minimum Gasteiger partial charge on any atom is -0.484 e. The minimum atomic E-state index is -0.613. The summed E-state index contributed by atoms with van der Waals surface area (Å²) in [4.78, 5) is 26.9. The van der Waals surface area contributed by atoms with E-state index in [0.717, 1.165) is 25.6 Å². The van der Waals surface area contributed by atoms with Crippen molar-refractivity contribution in [3.8, 4) is 5.75 Å². The van der Waals surface area contributed by atoms with Gasteiger partial charge in [0, 0.05) is 22.0 Å². The molecule has 0 spiro atoms. The minimum absolute atomic E-state index is 0.141. The van der Waals surface area contributed by atoms with E-state index >= 15 is 0 Å². The Kier molecular flexibility index (Phi) is 8.71. The lowest BCUT2D eigenvalue weighted by atomic mass is 10.1. The Hall–Kier alpha value is -1.86. The van der Waals surface area contributed by atoms with Crippen LogP contribution in [0.2, 0.25) is 0 Å². The molecule has 7 heteroatoms. The van der Waals surface area contributed by atoms with Gasteiger partial charge in [-0.2, -0.15) is 0 Å². The lowest BCUT2D eigenvalue weighted by Crippen LogP contribution is -2.49. The number of carbonyl (C=O) groups excluding carboxylic acids is 2. The smallest absolute Gasteiger partial charge is 0.261 e. The van der Waals surface area contributed by atoms with Crippen molar-refractivity contribution >= 4 is 43.7 Å². The number of rotatable bonds is 8. The predicted octanol–water partition coefficient (Wildman–Crippen LogP) is 4.76. The van der Waals surface area contributed by atoms with Crippen LogP contribution in [0.3, 0.4) is 0 Å². The molecule has 156 valence electrons. The Bertz CT molecular complexity index is 863. The van der Waals surface area contributed by atoms with Crippen LogP contribution < -0.4 is 10.1 Å². The van der Waals surface area contributed by atoms with Gasteiger partial charge in [-0.1, -0.05) is 44.0 Å². The molecule has 29 heavy (non-hydrogen) atoms. The van der Waals surface area contributed by atoms with Crippen LogP contribution >= 0.6 is 31.9 Å². The van der Waals surface area contributed by atoms with E-state index in [1.54, 1.807) is 11.8 Å².